The monoisotopic (exact) mass is 255 g/mol. The van der Waals surface area contributed by atoms with Gasteiger partial charge in [-0.1, -0.05) is 11.6 Å². The van der Waals surface area contributed by atoms with Crippen LogP contribution in [0.25, 0.3) is 0 Å². The van der Waals surface area contributed by atoms with E-state index in [1.807, 2.05) is 0 Å². The van der Waals surface area contributed by atoms with E-state index in [-0.39, 0.29) is 16.3 Å². The molecule has 0 aliphatic rings. The van der Waals surface area contributed by atoms with Crippen LogP contribution in [0.1, 0.15) is 0 Å². The van der Waals surface area contributed by atoms with E-state index in [4.69, 9.17) is 33.7 Å². The summed E-state index contributed by atoms with van der Waals surface area (Å²) >= 11 is 11.3. The first kappa shape index (κ1) is 11.0. The number of ether oxygens (including phenoxy) is 1. The van der Waals surface area contributed by atoms with E-state index in [1.54, 1.807) is 24.3 Å². The number of anilines is 1. The van der Waals surface area contributed by atoms with Gasteiger partial charge in [-0.3, -0.25) is 0 Å². The van der Waals surface area contributed by atoms with E-state index in [0.717, 1.165) is 0 Å². The zero-order chi connectivity index (χ0) is 11.5. The van der Waals surface area contributed by atoms with E-state index < -0.39 is 0 Å². The summed E-state index contributed by atoms with van der Waals surface area (Å²) in [6.45, 7) is 0. The van der Waals surface area contributed by atoms with Gasteiger partial charge in [-0.2, -0.15) is 4.98 Å². The van der Waals surface area contributed by atoms with Crippen molar-refractivity contribution in [2.24, 2.45) is 0 Å². The third-order valence-electron chi connectivity index (χ3n) is 1.75. The van der Waals surface area contributed by atoms with Crippen molar-refractivity contribution in [3.63, 3.8) is 0 Å². The van der Waals surface area contributed by atoms with Crippen LogP contribution >= 0.6 is 23.2 Å². The number of nitrogens with two attached hydrogens (primary N) is 1. The molecule has 2 rings (SSSR count). The van der Waals surface area contributed by atoms with E-state index in [2.05, 4.69) is 9.97 Å². The van der Waals surface area contributed by atoms with E-state index in [9.17, 15) is 0 Å². The molecule has 1 aromatic carbocycles. The predicted octanol–water partition coefficient (Wildman–Crippen LogP) is 3.16. The van der Waals surface area contributed by atoms with Gasteiger partial charge in [-0.05, 0) is 35.9 Å². The summed E-state index contributed by atoms with van der Waals surface area (Å²) in [5, 5.41) is 0.267. The molecular formula is C10H7Cl2N3O. The Hall–Kier alpha value is -1.52. The minimum atomic E-state index is 0.0398. The molecule has 0 saturated carbocycles. The summed E-state index contributed by atoms with van der Waals surface area (Å²) in [6.07, 6.45) is 0. The summed E-state index contributed by atoms with van der Waals surface area (Å²) in [5.74, 6) is 0.884. The molecule has 0 fully saturated rings. The summed E-state index contributed by atoms with van der Waals surface area (Å²) in [4.78, 5) is 7.58. The lowest BCUT2D eigenvalue weighted by molar-refractivity contribution is 0.462. The zero-order valence-electron chi connectivity index (χ0n) is 8.02. The maximum Gasteiger partial charge on any atom is 0.227 e. The highest BCUT2D eigenvalue weighted by Gasteiger charge is 2.03. The van der Waals surface area contributed by atoms with Crippen molar-refractivity contribution >= 4 is 28.9 Å². The van der Waals surface area contributed by atoms with Crippen LogP contribution in [0.5, 0.6) is 11.6 Å². The highest BCUT2D eigenvalue weighted by molar-refractivity contribution is 6.31. The first-order valence-electron chi connectivity index (χ1n) is 4.37. The molecule has 0 aliphatic heterocycles. The summed E-state index contributed by atoms with van der Waals surface area (Å²) in [5.41, 5.74) is 6.20. The number of nitrogen functional groups attached to an aromatic ring is 1. The maximum absolute atomic E-state index is 5.71. The zero-order valence-corrected chi connectivity index (χ0v) is 9.53. The van der Waals surface area contributed by atoms with Gasteiger partial charge in [0.1, 0.15) is 10.9 Å². The third kappa shape index (κ3) is 2.74. The second-order valence-corrected chi connectivity index (χ2v) is 3.69. The molecule has 82 valence electrons. The molecule has 0 bridgehead atoms. The molecule has 0 atom stereocenters. The minimum Gasteiger partial charge on any atom is -0.439 e. The Kier molecular flexibility index (Phi) is 3.12. The summed E-state index contributed by atoms with van der Waals surface area (Å²) in [7, 11) is 0. The molecule has 0 amide bonds. The molecule has 1 aromatic heterocycles. The van der Waals surface area contributed by atoms with Gasteiger partial charge in [0.15, 0.2) is 0 Å². The standard InChI is InChI=1S/C10H7Cl2N3O/c11-8-5-9(15-10(12)14-8)16-7-3-1-6(13)2-4-7/h1-5H,13H2. The summed E-state index contributed by atoms with van der Waals surface area (Å²) in [6, 6.07) is 8.36. The fourth-order valence-electron chi connectivity index (χ4n) is 1.08. The van der Waals surface area contributed by atoms with E-state index >= 15 is 0 Å². The Morgan fingerprint density at radius 1 is 1.06 bits per heavy atom. The SMILES string of the molecule is Nc1ccc(Oc2cc(Cl)nc(Cl)n2)cc1. The highest BCUT2D eigenvalue weighted by Crippen LogP contribution is 2.23. The van der Waals surface area contributed by atoms with Crippen LogP contribution in [0.4, 0.5) is 5.69 Å². The normalized spacial score (nSPS) is 10.1. The fourth-order valence-corrected chi connectivity index (χ4v) is 1.47. The molecule has 1 heterocycles. The van der Waals surface area contributed by atoms with Crippen molar-refractivity contribution in [3.05, 3.63) is 40.8 Å². The average molecular weight is 256 g/mol. The van der Waals surface area contributed by atoms with Gasteiger partial charge in [0.25, 0.3) is 0 Å². The molecule has 0 unspecified atom stereocenters. The summed E-state index contributed by atoms with van der Waals surface area (Å²) < 4.78 is 5.42. The van der Waals surface area contributed by atoms with E-state index in [1.165, 1.54) is 6.07 Å². The number of hydrogen-bond donors (Lipinski definition) is 1. The lowest BCUT2D eigenvalue weighted by Crippen LogP contribution is -1.91. The highest BCUT2D eigenvalue weighted by atomic mass is 35.5. The van der Waals surface area contributed by atoms with Crippen LogP contribution in [0, 0.1) is 0 Å². The lowest BCUT2D eigenvalue weighted by atomic mass is 10.3. The van der Waals surface area contributed by atoms with Gasteiger partial charge in [-0.25, -0.2) is 4.98 Å². The smallest absolute Gasteiger partial charge is 0.227 e. The Morgan fingerprint density at radius 3 is 2.38 bits per heavy atom. The second kappa shape index (κ2) is 4.55. The predicted molar refractivity (Wildman–Crippen MR) is 63.0 cm³/mol. The fraction of sp³-hybridized carbons (Fsp3) is 0. The van der Waals surface area contributed by atoms with E-state index in [0.29, 0.717) is 11.4 Å². The molecule has 0 saturated heterocycles. The van der Waals surface area contributed by atoms with Crippen molar-refractivity contribution in [3.8, 4) is 11.6 Å². The third-order valence-corrected chi connectivity index (χ3v) is 2.11. The van der Waals surface area contributed by atoms with Crippen molar-refractivity contribution in [2.45, 2.75) is 0 Å². The first-order chi connectivity index (χ1) is 7.63. The molecule has 2 N–H and O–H groups in total. The van der Waals surface area contributed by atoms with Crippen molar-refractivity contribution in [1.29, 1.82) is 0 Å². The van der Waals surface area contributed by atoms with Crippen LogP contribution in [0.15, 0.2) is 30.3 Å². The molecule has 16 heavy (non-hydrogen) atoms. The van der Waals surface area contributed by atoms with Crippen LogP contribution in [0.2, 0.25) is 10.4 Å². The first-order valence-corrected chi connectivity index (χ1v) is 5.12. The molecular weight excluding hydrogens is 249 g/mol. The Balaban J connectivity index is 2.23. The molecule has 4 nitrogen and oxygen atoms in total. The Bertz CT molecular complexity index is 482. The number of nitrogens with zero attached hydrogens (tertiary/aromatic N) is 2. The molecule has 0 spiro atoms. The Labute approximate surface area is 102 Å². The van der Waals surface area contributed by atoms with Crippen molar-refractivity contribution < 1.29 is 4.74 Å². The topological polar surface area (TPSA) is 61.0 Å². The molecule has 0 aliphatic carbocycles. The van der Waals surface area contributed by atoms with Gasteiger partial charge in [-0.15, -0.1) is 0 Å². The average Bonchev–Trinajstić information content (AvgIpc) is 2.20. The second-order valence-electron chi connectivity index (χ2n) is 2.97. The van der Waals surface area contributed by atoms with Gasteiger partial charge in [0.05, 0.1) is 0 Å². The van der Waals surface area contributed by atoms with Crippen LogP contribution < -0.4 is 10.5 Å². The van der Waals surface area contributed by atoms with Gasteiger partial charge < -0.3 is 10.5 Å². The molecule has 6 heteroatoms. The van der Waals surface area contributed by atoms with Crippen LogP contribution in [-0.2, 0) is 0 Å². The van der Waals surface area contributed by atoms with Gasteiger partial charge in [0, 0.05) is 11.8 Å². The molecule has 0 radical (unpaired) electrons. The number of aromatic nitrogens is 2. The van der Waals surface area contributed by atoms with Gasteiger partial charge in [0.2, 0.25) is 11.2 Å². The quantitative estimate of drug-likeness (QED) is 0.509. The van der Waals surface area contributed by atoms with Crippen molar-refractivity contribution in [2.75, 3.05) is 5.73 Å². The maximum atomic E-state index is 5.71. The lowest BCUT2D eigenvalue weighted by Gasteiger charge is -2.05. The number of benzene rings is 1. The number of rotatable bonds is 2. The largest absolute Gasteiger partial charge is 0.439 e. The number of halogens is 2. The Morgan fingerprint density at radius 2 is 1.75 bits per heavy atom. The minimum absolute atomic E-state index is 0.0398. The number of hydrogen-bond acceptors (Lipinski definition) is 4. The van der Waals surface area contributed by atoms with Crippen molar-refractivity contribution in [1.82, 2.24) is 9.97 Å². The van der Waals surface area contributed by atoms with Gasteiger partial charge >= 0.3 is 0 Å². The molecule has 2 aromatic rings. The van der Waals surface area contributed by atoms with Crippen LogP contribution in [-0.4, -0.2) is 9.97 Å². The van der Waals surface area contributed by atoms with Crippen LogP contribution in [0.3, 0.4) is 0 Å².